The Morgan fingerprint density at radius 2 is 1.14 bits per heavy atom. The Morgan fingerprint density at radius 1 is 0.650 bits per heavy atom. The molecule has 1 saturated heterocycles. The normalized spacial score (nSPS) is 20.8. The van der Waals surface area contributed by atoms with Crippen LogP contribution in [0.5, 0.6) is 0 Å². The molecule has 0 spiro atoms. The van der Waals surface area contributed by atoms with Gasteiger partial charge in [0.15, 0.2) is 0 Å². The van der Waals surface area contributed by atoms with Crippen molar-refractivity contribution in [1.82, 2.24) is 37.2 Å². The van der Waals surface area contributed by atoms with Crippen molar-refractivity contribution < 1.29 is 48.3 Å². The number of nitrogens with zero attached hydrogens (tertiary/aromatic N) is 1. The number of rotatable bonds is 19. The van der Waals surface area contributed by atoms with Gasteiger partial charge >= 0.3 is 0 Å². The number of primary amides is 2. The molecule has 0 radical (unpaired) electrons. The van der Waals surface area contributed by atoms with E-state index in [1.54, 1.807) is 79.8 Å². The number of nitrogens with one attached hydrogen (secondary N) is 7. The monoisotopic (exact) mass is 1200 g/mol. The zero-order valence-corrected chi connectivity index (χ0v) is 47.6. The molecule has 4 aromatic rings. The number of unbranched alkanes of at least 4 members (excludes halogenated alkanes) is 1. The number of aliphatic hydroxyl groups excluding tert-OH is 1. The Bertz CT molecular complexity index is 2850. The van der Waals surface area contributed by atoms with E-state index in [9.17, 15) is 48.3 Å². The first-order valence-corrected chi connectivity index (χ1v) is 28.9. The van der Waals surface area contributed by atoms with E-state index in [0.29, 0.717) is 56.7 Å². The summed E-state index contributed by atoms with van der Waals surface area (Å²) in [6.07, 6.45) is -1.26. The van der Waals surface area contributed by atoms with Crippen LogP contribution in [-0.4, -0.2) is 137 Å². The second-order valence-corrected chi connectivity index (χ2v) is 22.7. The number of halogens is 3. The van der Waals surface area contributed by atoms with Crippen LogP contribution in [0.4, 0.5) is 0 Å². The van der Waals surface area contributed by atoms with E-state index in [2.05, 4.69) is 42.2 Å². The summed E-state index contributed by atoms with van der Waals surface area (Å²) in [5.74, 6) is -8.71. The van der Waals surface area contributed by atoms with Crippen molar-refractivity contribution in [1.29, 1.82) is 0 Å². The van der Waals surface area contributed by atoms with Crippen LogP contribution in [0.2, 0.25) is 15.1 Å². The van der Waals surface area contributed by atoms with Crippen molar-refractivity contribution in [3.63, 3.8) is 0 Å². The molecule has 1 fully saturated rings. The number of aliphatic hydroxyl groups is 1. The van der Waals surface area contributed by atoms with Gasteiger partial charge in [0.25, 0.3) is 11.8 Å². The first-order valence-electron chi connectivity index (χ1n) is 25.3. The largest absolute Gasteiger partial charge is 0.391 e. The smallest absolute Gasteiger partial charge is 0.269 e. The summed E-state index contributed by atoms with van der Waals surface area (Å²) >= 11 is 18.3. The standard InChI is InChI=1S/C54H64Cl3N11O10S2/c1-29(69)45-54(78)67-44(52(76)63-40(47(60)71)24-32-10-18-36(56)19-11-32)28-80-79-27-43(66-48(72)38(58)23-30-8-16-35(55)17-9-30)53(77)65-42(26-33-12-20-37(57)21-13-33)51(75)64-41(25-31-6-14-34(15-7-31)46(59)70)50(74)62-39(49(73)68-45)5-3-4-22-61-2/h6-21,29,38-39,41-45,61,69H,3-5,22-28,58H2,1-2H3,(H2,59,70)(H2,60,71)(H,62,74)(H,64,75)(H,65,77)(H,66,72)(H,67,78)(H,68,73)/t29-,38+,39+,41-,42+,43-,44+,45+/m1/s1. The van der Waals surface area contributed by atoms with Crippen molar-refractivity contribution >= 4 is 115 Å². The highest BCUT2D eigenvalue weighted by atomic mass is 35.5. The molecule has 5 rings (SSSR count). The molecule has 1 aliphatic rings. The number of carbonyl (C=O) groups is 9. The number of carbonyl (C=O) groups excluding carboxylic acids is 9. The summed E-state index contributed by atoms with van der Waals surface area (Å²) < 4.78 is 0. The molecule has 0 unspecified atom stereocenters. The second-order valence-electron chi connectivity index (χ2n) is 18.8. The second kappa shape index (κ2) is 32.0. The lowest BCUT2D eigenvalue weighted by Gasteiger charge is -2.29. The van der Waals surface area contributed by atoms with E-state index >= 15 is 0 Å². The Hall–Kier alpha value is -6.57. The van der Waals surface area contributed by atoms with E-state index in [-0.39, 0.29) is 54.9 Å². The lowest BCUT2D eigenvalue weighted by Crippen LogP contribution is -2.61. The molecule has 21 nitrogen and oxygen atoms in total. The van der Waals surface area contributed by atoms with Gasteiger partial charge in [0, 0.05) is 51.4 Å². The fourth-order valence-corrected chi connectivity index (χ4v) is 10.7. The van der Waals surface area contributed by atoms with E-state index < -0.39 is 102 Å². The van der Waals surface area contributed by atoms with Crippen LogP contribution in [0.3, 0.4) is 0 Å². The molecule has 0 aromatic heterocycles. The topological polar surface area (TPSA) is 348 Å². The number of nitrogens with two attached hydrogens (primary N) is 3. The van der Waals surface area contributed by atoms with Crippen LogP contribution in [0, 0.1) is 0 Å². The molecule has 0 saturated carbocycles. The van der Waals surface area contributed by atoms with Crippen LogP contribution >= 0.6 is 56.4 Å². The van der Waals surface area contributed by atoms with Crippen molar-refractivity contribution in [3.05, 3.63) is 140 Å². The molecule has 26 heteroatoms. The van der Waals surface area contributed by atoms with Gasteiger partial charge in [-0.2, -0.15) is 0 Å². The maximum absolute atomic E-state index is 14.8. The molecule has 80 heavy (non-hydrogen) atoms. The minimum absolute atomic E-state index is 0.000291. The van der Waals surface area contributed by atoms with E-state index in [1.165, 1.54) is 31.2 Å². The number of amides is 9. The van der Waals surface area contributed by atoms with E-state index in [0.717, 1.165) is 21.6 Å². The fraction of sp³-hybridized carbons (Fsp3) is 0.370. The molecule has 428 valence electrons. The van der Waals surface area contributed by atoms with Crippen molar-refractivity contribution in [2.24, 2.45) is 22.2 Å². The summed E-state index contributed by atoms with van der Waals surface area (Å²) in [7, 11) is 3.64. The van der Waals surface area contributed by atoms with Gasteiger partial charge in [-0.1, -0.05) is 105 Å². The van der Waals surface area contributed by atoms with Crippen molar-refractivity contribution in [2.75, 3.05) is 25.1 Å². The van der Waals surface area contributed by atoms with Gasteiger partial charge in [-0.3, -0.25) is 43.2 Å². The van der Waals surface area contributed by atoms with Crippen LogP contribution in [0.15, 0.2) is 102 Å². The molecule has 4 aromatic carbocycles. The third-order valence-corrected chi connectivity index (χ3v) is 15.7. The average Bonchev–Trinajstić information content (AvgIpc) is 3.42. The first-order chi connectivity index (χ1) is 38.1. The zero-order chi connectivity index (χ0) is 58.5. The van der Waals surface area contributed by atoms with Crippen LogP contribution < -0.4 is 54.4 Å². The average molecular weight is 1200 g/mol. The molecular weight excluding hydrogens is 1130 g/mol. The van der Waals surface area contributed by atoms with Gasteiger partial charge < -0.3 is 59.5 Å². The highest BCUT2D eigenvalue weighted by Crippen LogP contribution is 2.25. The maximum atomic E-state index is 14.8. The number of aliphatic imine (C=N–C) groups is 1. The van der Waals surface area contributed by atoms with Gasteiger partial charge in [-0.15, -0.1) is 0 Å². The number of benzene rings is 4. The SMILES string of the molecule is CNCCCC[C@@H]1NC(=O)[C@@H](Cc2ccc(C(N)=O)cc2)NC(=O)[C@H](Cc2ccc(Cl)cc2)NC(=O)[C@H](NC(=O)[C@@H](N)Cc2ccc(Cl)cc2)CSSC[C@@H](C(=O)N=C(Cc2ccc(Cl)cc2)C(N)=O)NC(=O)[C@H]([C@@H](C)O)NC1=O. The lowest BCUT2D eigenvalue weighted by molar-refractivity contribution is -0.136. The van der Waals surface area contributed by atoms with Crippen LogP contribution in [-0.2, 0) is 64.0 Å². The molecule has 1 aliphatic heterocycles. The molecule has 0 aliphatic carbocycles. The fourth-order valence-electron chi connectivity index (χ4n) is 8.00. The predicted octanol–water partition coefficient (Wildman–Crippen LogP) is 1.87. The minimum Gasteiger partial charge on any atom is -0.391 e. The van der Waals surface area contributed by atoms with E-state index in [1.807, 2.05) is 0 Å². The third-order valence-electron chi connectivity index (χ3n) is 12.5. The summed E-state index contributed by atoms with van der Waals surface area (Å²) in [4.78, 5) is 130. The number of hydrogen-bond acceptors (Lipinski definition) is 14. The summed E-state index contributed by atoms with van der Waals surface area (Å²) in [5, 5.41) is 31.3. The minimum atomic E-state index is -1.75. The third kappa shape index (κ3) is 20.8. The Labute approximate surface area is 485 Å². The highest BCUT2D eigenvalue weighted by Gasteiger charge is 2.36. The summed E-state index contributed by atoms with van der Waals surface area (Å²) in [6, 6.07) is 15.0. The molecule has 14 N–H and O–H groups in total. The Kier molecular flexibility index (Phi) is 25.7. The summed E-state index contributed by atoms with van der Waals surface area (Å²) in [5.41, 5.74) is 19.5. The van der Waals surface area contributed by atoms with Gasteiger partial charge in [-0.05, 0) is 117 Å². The highest BCUT2D eigenvalue weighted by molar-refractivity contribution is 8.76. The van der Waals surface area contributed by atoms with Crippen molar-refractivity contribution in [2.45, 2.75) is 100 Å². The predicted molar refractivity (Wildman–Crippen MR) is 310 cm³/mol. The number of hydrogen-bond donors (Lipinski definition) is 11. The molecular formula is C54H64Cl3N11O10S2. The molecule has 9 amide bonds. The molecule has 8 atom stereocenters. The molecule has 0 bridgehead atoms. The van der Waals surface area contributed by atoms with Crippen LogP contribution in [0.25, 0.3) is 0 Å². The zero-order valence-electron chi connectivity index (χ0n) is 43.7. The van der Waals surface area contributed by atoms with Crippen molar-refractivity contribution in [3.8, 4) is 0 Å². The van der Waals surface area contributed by atoms with Gasteiger partial charge in [0.1, 0.15) is 42.0 Å². The Balaban J connectivity index is 1.60. The summed E-state index contributed by atoms with van der Waals surface area (Å²) in [6.45, 7) is 1.75. The first kappa shape index (κ1) is 64.3. The van der Waals surface area contributed by atoms with Gasteiger partial charge in [0.05, 0.1) is 12.1 Å². The van der Waals surface area contributed by atoms with E-state index in [4.69, 9.17) is 52.0 Å². The molecule has 1 heterocycles. The van der Waals surface area contributed by atoms with Gasteiger partial charge in [-0.25, -0.2) is 4.99 Å². The quantitative estimate of drug-likeness (QED) is 0.0363. The lowest BCUT2D eigenvalue weighted by atomic mass is 10.00. The Morgan fingerprint density at radius 3 is 1.66 bits per heavy atom. The van der Waals surface area contributed by atoms with Crippen LogP contribution in [0.1, 0.15) is 58.8 Å². The maximum Gasteiger partial charge on any atom is 0.269 e. The van der Waals surface area contributed by atoms with Gasteiger partial charge in [0.2, 0.25) is 41.4 Å².